The number of benzene rings is 1. The molecule has 6 heteroatoms. The van der Waals surface area contributed by atoms with Gasteiger partial charge in [0.25, 0.3) is 0 Å². The molecule has 0 aliphatic carbocycles. The van der Waals surface area contributed by atoms with E-state index in [4.69, 9.17) is 25.8 Å². The van der Waals surface area contributed by atoms with Gasteiger partial charge in [0.05, 0.1) is 33.5 Å². The Kier molecular flexibility index (Phi) is 5.15. The Balaban J connectivity index is 2.50. The Morgan fingerprint density at radius 2 is 2.25 bits per heavy atom. The molecule has 0 saturated carbocycles. The second-order valence-electron chi connectivity index (χ2n) is 4.70. The fraction of sp³-hybridized carbons (Fsp3) is 0.571. The molecule has 0 spiro atoms. The van der Waals surface area contributed by atoms with Gasteiger partial charge in [0.1, 0.15) is 5.75 Å². The van der Waals surface area contributed by atoms with Crippen molar-refractivity contribution in [3.63, 3.8) is 0 Å². The maximum Gasteiger partial charge on any atom is 0.196 e. The molecule has 0 amide bonds. The molecule has 1 aliphatic rings. The Morgan fingerprint density at radius 1 is 1.55 bits per heavy atom. The van der Waals surface area contributed by atoms with E-state index in [1.165, 1.54) is 6.07 Å². The molecule has 2 atom stereocenters. The van der Waals surface area contributed by atoms with Crippen LogP contribution in [0.2, 0.25) is 5.02 Å². The molecule has 0 bridgehead atoms. The van der Waals surface area contributed by atoms with Crippen molar-refractivity contribution >= 4 is 34.2 Å². The third-order valence-electron chi connectivity index (χ3n) is 3.29. The summed E-state index contributed by atoms with van der Waals surface area (Å²) in [5.41, 5.74) is 0.631. The number of ether oxygens (including phenoxy) is 3. The Morgan fingerprint density at radius 3 is 2.80 bits per heavy atom. The van der Waals surface area contributed by atoms with Crippen LogP contribution in [0.15, 0.2) is 6.07 Å². The fourth-order valence-electron chi connectivity index (χ4n) is 2.18. The van der Waals surface area contributed by atoms with Crippen LogP contribution in [0.1, 0.15) is 32.8 Å². The first-order valence-electron chi connectivity index (χ1n) is 6.55. The van der Waals surface area contributed by atoms with Crippen LogP contribution in [0.25, 0.3) is 0 Å². The summed E-state index contributed by atoms with van der Waals surface area (Å²) in [4.78, 5) is 0. The van der Waals surface area contributed by atoms with Crippen LogP contribution in [-0.2, 0) is 15.3 Å². The van der Waals surface area contributed by atoms with Gasteiger partial charge in [0.15, 0.2) is 11.6 Å². The highest BCUT2D eigenvalue weighted by atomic mass is 127. The summed E-state index contributed by atoms with van der Waals surface area (Å²) >= 11 is 7.85. The van der Waals surface area contributed by atoms with E-state index in [-0.39, 0.29) is 11.1 Å². The molecule has 1 fully saturated rings. The summed E-state index contributed by atoms with van der Waals surface area (Å²) < 4.78 is 31.6. The lowest BCUT2D eigenvalue weighted by atomic mass is 10.1. The summed E-state index contributed by atoms with van der Waals surface area (Å²) in [7, 11) is 0. The smallest absolute Gasteiger partial charge is 0.196 e. The molecule has 0 radical (unpaired) electrons. The van der Waals surface area contributed by atoms with Gasteiger partial charge in [-0.15, -0.1) is 0 Å². The van der Waals surface area contributed by atoms with E-state index >= 15 is 0 Å². The predicted octanol–water partition coefficient (Wildman–Crippen LogP) is 4.48. The van der Waals surface area contributed by atoms with Crippen molar-refractivity contribution in [1.82, 2.24) is 0 Å². The minimum absolute atomic E-state index is 0.0240. The third-order valence-corrected chi connectivity index (χ3v) is 4.53. The second-order valence-corrected chi connectivity index (χ2v) is 6.19. The van der Waals surface area contributed by atoms with Crippen LogP contribution in [0, 0.1) is 9.39 Å². The summed E-state index contributed by atoms with van der Waals surface area (Å²) in [5.74, 6) is -0.995. The summed E-state index contributed by atoms with van der Waals surface area (Å²) in [5, 5.41) is 0.0428. The first-order valence-corrected chi connectivity index (χ1v) is 8.01. The van der Waals surface area contributed by atoms with Crippen molar-refractivity contribution in [2.24, 2.45) is 0 Å². The van der Waals surface area contributed by atoms with Crippen molar-refractivity contribution in [1.29, 1.82) is 0 Å². The molecule has 0 aromatic heterocycles. The molecule has 112 valence electrons. The lowest BCUT2D eigenvalue weighted by Crippen LogP contribution is -2.25. The standard InChI is InChI=1S/C14H17ClFIO3/c1-4-8-7-19-14(3,20-8)9-6-10(15)11(16)12(17)13(9)18-5-2/h6,8H,4-5,7H2,1-3H3. The van der Waals surface area contributed by atoms with E-state index in [0.29, 0.717) is 28.1 Å². The summed E-state index contributed by atoms with van der Waals surface area (Å²) in [6, 6.07) is 1.53. The minimum atomic E-state index is -0.956. The maximum atomic E-state index is 13.9. The molecule has 2 rings (SSSR count). The number of halogens is 3. The van der Waals surface area contributed by atoms with E-state index in [1.54, 1.807) is 0 Å². The van der Waals surface area contributed by atoms with Crippen LogP contribution in [0.3, 0.4) is 0 Å². The Bertz CT molecular complexity index is 512. The topological polar surface area (TPSA) is 27.7 Å². The number of hydrogen-bond donors (Lipinski definition) is 0. The highest BCUT2D eigenvalue weighted by Gasteiger charge is 2.41. The average molecular weight is 415 g/mol. The van der Waals surface area contributed by atoms with Gasteiger partial charge in [0, 0.05) is 0 Å². The van der Waals surface area contributed by atoms with Crippen molar-refractivity contribution in [2.75, 3.05) is 13.2 Å². The van der Waals surface area contributed by atoms with Crippen LogP contribution in [0.5, 0.6) is 5.75 Å². The molecular weight excluding hydrogens is 398 g/mol. The van der Waals surface area contributed by atoms with Gasteiger partial charge in [-0.25, -0.2) is 4.39 Å². The lowest BCUT2D eigenvalue weighted by Gasteiger charge is -2.27. The van der Waals surface area contributed by atoms with E-state index in [2.05, 4.69) is 0 Å². The molecule has 3 nitrogen and oxygen atoms in total. The van der Waals surface area contributed by atoms with Gasteiger partial charge in [-0.05, 0) is 48.9 Å². The quantitative estimate of drug-likeness (QED) is 0.537. The molecule has 0 N–H and O–H groups in total. The van der Waals surface area contributed by atoms with E-state index in [9.17, 15) is 4.39 Å². The zero-order valence-electron chi connectivity index (χ0n) is 11.6. The first-order chi connectivity index (χ1) is 9.42. The van der Waals surface area contributed by atoms with E-state index in [1.807, 2.05) is 43.4 Å². The molecular formula is C14H17ClFIO3. The minimum Gasteiger partial charge on any atom is -0.492 e. The highest BCUT2D eigenvalue weighted by Crippen LogP contribution is 2.44. The fourth-order valence-corrected chi connectivity index (χ4v) is 3.28. The molecule has 20 heavy (non-hydrogen) atoms. The second kappa shape index (κ2) is 6.34. The molecule has 1 heterocycles. The summed E-state index contributed by atoms with van der Waals surface area (Å²) in [6.07, 6.45) is 0.877. The maximum absolute atomic E-state index is 13.9. The lowest BCUT2D eigenvalue weighted by molar-refractivity contribution is -0.163. The van der Waals surface area contributed by atoms with Crippen molar-refractivity contribution < 1.29 is 18.6 Å². The molecule has 1 saturated heterocycles. The van der Waals surface area contributed by atoms with E-state index in [0.717, 1.165) is 6.42 Å². The monoisotopic (exact) mass is 414 g/mol. The zero-order valence-corrected chi connectivity index (χ0v) is 14.5. The molecule has 2 unspecified atom stereocenters. The van der Waals surface area contributed by atoms with Crippen LogP contribution >= 0.6 is 34.2 Å². The van der Waals surface area contributed by atoms with E-state index < -0.39 is 11.6 Å². The normalized spacial score (nSPS) is 26.0. The van der Waals surface area contributed by atoms with Gasteiger partial charge in [-0.1, -0.05) is 18.5 Å². The Hall–Kier alpha value is -0.110. The SMILES string of the molecule is CCOc1c(C2(C)OCC(CC)O2)cc(Cl)c(F)c1I. The number of rotatable bonds is 4. The van der Waals surface area contributed by atoms with Gasteiger partial charge in [-0.2, -0.15) is 0 Å². The first kappa shape index (κ1) is 16.3. The molecule has 1 aromatic carbocycles. The average Bonchev–Trinajstić information content (AvgIpc) is 2.82. The molecule has 1 aliphatic heterocycles. The van der Waals surface area contributed by atoms with Crippen LogP contribution in [-0.4, -0.2) is 19.3 Å². The third kappa shape index (κ3) is 2.91. The van der Waals surface area contributed by atoms with Gasteiger partial charge in [0.2, 0.25) is 0 Å². The zero-order chi connectivity index (χ0) is 14.9. The summed E-state index contributed by atoms with van der Waals surface area (Å²) in [6.45, 7) is 6.62. The van der Waals surface area contributed by atoms with Crippen molar-refractivity contribution in [2.45, 2.75) is 39.1 Å². The molecule has 1 aromatic rings. The van der Waals surface area contributed by atoms with Crippen LogP contribution < -0.4 is 4.74 Å². The predicted molar refractivity (Wildman–Crippen MR) is 83.8 cm³/mol. The van der Waals surface area contributed by atoms with Gasteiger partial charge in [-0.3, -0.25) is 0 Å². The number of hydrogen-bond acceptors (Lipinski definition) is 3. The largest absolute Gasteiger partial charge is 0.492 e. The van der Waals surface area contributed by atoms with Crippen LogP contribution in [0.4, 0.5) is 4.39 Å². The van der Waals surface area contributed by atoms with Gasteiger partial charge < -0.3 is 14.2 Å². The van der Waals surface area contributed by atoms with Crippen molar-refractivity contribution in [3.05, 3.63) is 26.0 Å². The van der Waals surface area contributed by atoms with Gasteiger partial charge >= 0.3 is 0 Å². The Labute approximate surface area is 136 Å². The highest BCUT2D eigenvalue weighted by molar-refractivity contribution is 14.1. The van der Waals surface area contributed by atoms with Crippen molar-refractivity contribution in [3.8, 4) is 5.75 Å².